The highest BCUT2D eigenvalue weighted by atomic mass is 16.6. The van der Waals surface area contributed by atoms with Gasteiger partial charge in [-0.2, -0.15) is 0 Å². The Balaban J connectivity index is 0.000000673. The van der Waals surface area contributed by atoms with Crippen molar-refractivity contribution in [2.24, 2.45) is 5.34 Å². The molecule has 0 aliphatic carbocycles. The van der Waals surface area contributed by atoms with Crippen molar-refractivity contribution in [2.75, 3.05) is 0 Å². The largest absolute Gasteiger partial charge is 0.479 e. The van der Waals surface area contributed by atoms with Gasteiger partial charge in [-0.15, -0.1) is 4.91 Å². The van der Waals surface area contributed by atoms with E-state index < -0.39 is 12.1 Å². The Morgan fingerprint density at radius 2 is 1.81 bits per heavy atom. The molecule has 1 aromatic carbocycles. The molecule has 0 amide bonds. The fraction of sp³-hybridized carbons (Fsp3) is 0.300. The number of aliphatic hydroxyl groups is 1. The third-order valence-corrected chi connectivity index (χ3v) is 1.83. The van der Waals surface area contributed by atoms with Crippen molar-refractivity contribution < 1.29 is 20.2 Å². The van der Waals surface area contributed by atoms with E-state index in [-0.39, 0.29) is 6.42 Å². The molecule has 0 radical (unpaired) electrons. The van der Waals surface area contributed by atoms with E-state index in [0.29, 0.717) is 6.42 Å². The smallest absolute Gasteiger partial charge is 0.332 e. The first-order valence-electron chi connectivity index (χ1n) is 4.53. The third-order valence-electron chi connectivity index (χ3n) is 1.83. The Hall–Kier alpha value is -1.95. The van der Waals surface area contributed by atoms with Gasteiger partial charge in [-0.3, -0.25) is 0 Å². The van der Waals surface area contributed by atoms with Gasteiger partial charge in [0.1, 0.15) is 0 Å². The zero-order valence-electron chi connectivity index (χ0n) is 8.48. The van der Waals surface area contributed by atoms with Gasteiger partial charge in [-0.05, 0) is 18.4 Å². The molecule has 1 atom stereocenters. The summed E-state index contributed by atoms with van der Waals surface area (Å²) >= 11 is 0. The van der Waals surface area contributed by atoms with Crippen molar-refractivity contribution in [3.8, 4) is 0 Å². The number of hydrogen-bond acceptors (Lipinski definition) is 4. The van der Waals surface area contributed by atoms with E-state index >= 15 is 0 Å². The number of aryl methyl sites for hydroxylation is 1. The van der Waals surface area contributed by atoms with Crippen LogP contribution in [0.15, 0.2) is 35.7 Å². The number of aliphatic carboxylic acids is 1. The summed E-state index contributed by atoms with van der Waals surface area (Å²) in [6.07, 6.45) is -0.395. The quantitative estimate of drug-likeness (QED) is 0.529. The van der Waals surface area contributed by atoms with Gasteiger partial charge in [0.05, 0.1) is 0 Å². The van der Waals surface area contributed by atoms with Crippen LogP contribution in [0.2, 0.25) is 0 Å². The zero-order chi connectivity index (χ0) is 12.4. The zero-order valence-corrected chi connectivity index (χ0v) is 8.48. The number of nitrogens with zero attached hydrogens (tertiary/aromatic N) is 1. The fourth-order valence-corrected chi connectivity index (χ4v) is 1.07. The van der Waals surface area contributed by atoms with Gasteiger partial charge >= 0.3 is 5.97 Å². The lowest BCUT2D eigenvalue weighted by atomic mass is 10.1. The maximum atomic E-state index is 10.3. The summed E-state index contributed by atoms with van der Waals surface area (Å²) in [6, 6.07) is 9.51. The molecule has 0 aliphatic rings. The molecule has 0 aromatic heterocycles. The summed E-state index contributed by atoms with van der Waals surface area (Å²) in [5.74, 6) is -1.16. The van der Waals surface area contributed by atoms with Crippen molar-refractivity contribution in [2.45, 2.75) is 18.9 Å². The maximum absolute atomic E-state index is 10.3. The van der Waals surface area contributed by atoms with Crippen LogP contribution in [0.1, 0.15) is 12.0 Å². The van der Waals surface area contributed by atoms with Crippen molar-refractivity contribution in [3.63, 3.8) is 0 Å². The highest BCUT2D eigenvalue weighted by Crippen LogP contribution is 2.04. The van der Waals surface area contributed by atoms with E-state index in [4.69, 9.17) is 20.3 Å². The molecular formula is C10H13NO5. The number of carbonyl (C=O) groups is 1. The molecule has 1 unspecified atom stereocenters. The van der Waals surface area contributed by atoms with Gasteiger partial charge in [-0.1, -0.05) is 30.3 Å². The molecule has 0 saturated carbocycles. The highest BCUT2D eigenvalue weighted by molar-refractivity contribution is 5.71. The number of carboxylic acids is 1. The average molecular weight is 227 g/mol. The van der Waals surface area contributed by atoms with Crippen molar-refractivity contribution in [1.82, 2.24) is 0 Å². The fourth-order valence-electron chi connectivity index (χ4n) is 1.07. The molecule has 0 heterocycles. The molecule has 0 fully saturated rings. The lowest BCUT2D eigenvalue weighted by Gasteiger charge is -2.04. The Labute approximate surface area is 92.1 Å². The van der Waals surface area contributed by atoms with Crippen LogP contribution in [-0.2, 0) is 11.2 Å². The van der Waals surface area contributed by atoms with Crippen molar-refractivity contribution in [3.05, 3.63) is 40.8 Å². The lowest BCUT2D eigenvalue weighted by molar-refractivity contribution is -0.146. The van der Waals surface area contributed by atoms with E-state index in [1.807, 2.05) is 30.3 Å². The first-order valence-corrected chi connectivity index (χ1v) is 4.53. The Morgan fingerprint density at radius 1 is 1.31 bits per heavy atom. The second-order valence-electron chi connectivity index (χ2n) is 2.96. The molecular weight excluding hydrogens is 214 g/mol. The number of benzene rings is 1. The summed E-state index contributed by atoms with van der Waals surface area (Å²) in [5, 5.41) is 25.3. The Bertz CT molecular complexity index is 314. The van der Waals surface area contributed by atoms with Crippen LogP contribution in [0.5, 0.6) is 0 Å². The van der Waals surface area contributed by atoms with E-state index in [1.165, 1.54) is 5.34 Å². The van der Waals surface area contributed by atoms with Gasteiger partial charge in [0, 0.05) is 0 Å². The molecule has 16 heavy (non-hydrogen) atoms. The Morgan fingerprint density at radius 3 is 2.25 bits per heavy atom. The second kappa shape index (κ2) is 8.37. The molecule has 0 bridgehead atoms. The molecule has 0 saturated heterocycles. The van der Waals surface area contributed by atoms with Crippen LogP contribution in [0.3, 0.4) is 0 Å². The first-order chi connectivity index (χ1) is 7.61. The molecule has 6 nitrogen and oxygen atoms in total. The van der Waals surface area contributed by atoms with Gasteiger partial charge in [0.2, 0.25) is 0 Å². The Kier molecular flexibility index (Phi) is 7.35. The van der Waals surface area contributed by atoms with Crippen LogP contribution in [0.4, 0.5) is 0 Å². The standard InChI is InChI=1S/C10H12O3.HNO2/c11-9(10(12)13)7-6-8-4-2-1-3-5-8;2-1-3/h1-5,9,11H,6-7H2,(H,12,13);(H,2,3). The predicted molar refractivity (Wildman–Crippen MR) is 56.0 cm³/mol. The second-order valence-corrected chi connectivity index (χ2v) is 2.96. The van der Waals surface area contributed by atoms with Gasteiger partial charge in [0.25, 0.3) is 0 Å². The SMILES string of the molecule is O=C(O)C(O)CCc1ccccc1.O=NO. The number of hydrogen-bond donors (Lipinski definition) is 3. The molecule has 88 valence electrons. The van der Waals surface area contributed by atoms with Crippen LogP contribution in [-0.4, -0.2) is 27.5 Å². The van der Waals surface area contributed by atoms with Crippen LogP contribution in [0.25, 0.3) is 0 Å². The number of rotatable bonds is 4. The molecule has 1 rings (SSSR count). The van der Waals surface area contributed by atoms with Crippen molar-refractivity contribution in [1.29, 1.82) is 0 Å². The topological polar surface area (TPSA) is 107 Å². The summed E-state index contributed by atoms with van der Waals surface area (Å²) in [7, 11) is 0. The van der Waals surface area contributed by atoms with Crippen molar-refractivity contribution >= 4 is 5.97 Å². The molecule has 0 spiro atoms. The van der Waals surface area contributed by atoms with E-state index in [0.717, 1.165) is 5.56 Å². The van der Waals surface area contributed by atoms with Gasteiger partial charge < -0.3 is 15.4 Å². The molecule has 0 aliphatic heterocycles. The summed E-state index contributed by atoms with van der Waals surface area (Å²) in [5.41, 5.74) is 1.04. The normalized spacial score (nSPS) is 10.8. The van der Waals surface area contributed by atoms with Gasteiger partial charge in [-0.25, -0.2) is 4.79 Å². The van der Waals surface area contributed by atoms with E-state index in [2.05, 4.69) is 0 Å². The van der Waals surface area contributed by atoms with Crippen LogP contribution >= 0.6 is 0 Å². The highest BCUT2D eigenvalue weighted by Gasteiger charge is 2.11. The van der Waals surface area contributed by atoms with Crippen LogP contribution in [0, 0.1) is 4.91 Å². The lowest BCUT2D eigenvalue weighted by Crippen LogP contribution is -2.19. The van der Waals surface area contributed by atoms with Gasteiger partial charge in [0.15, 0.2) is 11.4 Å². The predicted octanol–water partition coefficient (Wildman–Crippen LogP) is 1.21. The number of aliphatic hydroxyl groups excluding tert-OH is 1. The molecule has 3 N–H and O–H groups in total. The minimum atomic E-state index is -1.25. The monoisotopic (exact) mass is 227 g/mol. The minimum Gasteiger partial charge on any atom is -0.479 e. The molecule has 6 heteroatoms. The first kappa shape index (κ1) is 14.1. The average Bonchev–Trinajstić information content (AvgIpc) is 2.28. The minimum absolute atomic E-state index is 0.263. The van der Waals surface area contributed by atoms with E-state index in [1.54, 1.807) is 0 Å². The number of carboxylic acid groups (broad SMARTS) is 1. The maximum Gasteiger partial charge on any atom is 0.332 e. The van der Waals surface area contributed by atoms with E-state index in [9.17, 15) is 4.79 Å². The third kappa shape index (κ3) is 6.50. The van der Waals surface area contributed by atoms with Crippen LogP contribution < -0.4 is 0 Å². The summed E-state index contributed by atoms with van der Waals surface area (Å²) in [6.45, 7) is 0. The molecule has 1 aromatic rings. The summed E-state index contributed by atoms with van der Waals surface area (Å²) < 4.78 is 0. The summed E-state index contributed by atoms with van der Waals surface area (Å²) in [4.78, 5) is 18.4.